The molecule has 6 nitrogen and oxygen atoms in total. The van der Waals surface area contributed by atoms with Gasteiger partial charge in [-0.05, 0) is 43.2 Å². The van der Waals surface area contributed by atoms with Crippen LogP contribution in [0, 0.1) is 0 Å². The molecular formula is C21H26N2O4. The first-order chi connectivity index (χ1) is 13.2. The number of ether oxygens (including phenoxy) is 3. The Kier molecular flexibility index (Phi) is 6.19. The Morgan fingerprint density at radius 3 is 2.67 bits per heavy atom. The largest absolute Gasteiger partial charge is 0.493 e. The van der Waals surface area contributed by atoms with Crippen LogP contribution in [-0.4, -0.2) is 44.8 Å². The van der Waals surface area contributed by atoms with Crippen molar-refractivity contribution in [3.63, 3.8) is 0 Å². The zero-order valence-corrected chi connectivity index (χ0v) is 16.0. The van der Waals surface area contributed by atoms with Crippen molar-refractivity contribution in [1.29, 1.82) is 0 Å². The van der Waals surface area contributed by atoms with Crippen LogP contribution in [0.5, 0.6) is 11.5 Å². The summed E-state index contributed by atoms with van der Waals surface area (Å²) in [6, 6.07) is 13.4. The van der Waals surface area contributed by atoms with Gasteiger partial charge in [0.05, 0.1) is 19.3 Å². The number of hydrogen-bond donors (Lipinski definition) is 1. The van der Waals surface area contributed by atoms with Crippen LogP contribution < -0.4 is 14.8 Å². The highest BCUT2D eigenvalue weighted by Crippen LogP contribution is 2.36. The topological polar surface area (TPSA) is 60.0 Å². The van der Waals surface area contributed by atoms with Gasteiger partial charge in [-0.25, -0.2) is 0 Å². The highest BCUT2D eigenvalue weighted by Gasteiger charge is 2.32. The van der Waals surface area contributed by atoms with Gasteiger partial charge in [0.25, 0.3) is 5.91 Å². The minimum Gasteiger partial charge on any atom is -0.493 e. The maximum atomic E-state index is 13.1. The number of nitrogens with one attached hydrogen (secondary N) is 1. The summed E-state index contributed by atoms with van der Waals surface area (Å²) in [5.41, 5.74) is 2.46. The molecule has 0 saturated heterocycles. The van der Waals surface area contributed by atoms with Crippen LogP contribution in [0.15, 0.2) is 42.5 Å². The summed E-state index contributed by atoms with van der Waals surface area (Å²) in [6.45, 7) is 3.69. The Labute approximate surface area is 160 Å². The van der Waals surface area contributed by atoms with Crippen LogP contribution >= 0.6 is 0 Å². The molecule has 0 spiro atoms. The summed E-state index contributed by atoms with van der Waals surface area (Å²) < 4.78 is 16.3. The van der Waals surface area contributed by atoms with Crippen molar-refractivity contribution < 1.29 is 19.0 Å². The Bertz CT molecular complexity index is 794. The van der Waals surface area contributed by atoms with E-state index in [2.05, 4.69) is 5.32 Å². The van der Waals surface area contributed by atoms with E-state index in [9.17, 15) is 4.79 Å². The normalized spacial score (nSPS) is 15.9. The average Bonchev–Trinajstić information content (AvgIpc) is 2.70. The second-order valence-corrected chi connectivity index (χ2v) is 6.28. The molecule has 2 aromatic carbocycles. The average molecular weight is 370 g/mol. The van der Waals surface area contributed by atoms with E-state index in [4.69, 9.17) is 14.2 Å². The molecule has 2 aromatic rings. The van der Waals surface area contributed by atoms with Crippen molar-refractivity contribution in [2.24, 2.45) is 0 Å². The molecule has 1 unspecified atom stereocenters. The lowest BCUT2D eigenvalue weighted by Gasteiger charge is -2.38. The van der Waals surface area contributed by atoms with Gasteiger partial charge in [0.1, 0.15) is 6.17 Å². The highest BCUT2D eigenvalue weighted by atomic mass is 16.5. The summed E-state index contributed by atoms with van der Waals surface area (Å²) in [4.78, 5) is 15.0. The van der Waals surface area contributed by atoms with E-state index >= 15 is 0 Å². The number of para-hydroxylation sites is 1. The second kappa shape index (κ2) is 8.77. The molecule has 0 radical (unpaired) electrons. The number of benzene rings is 2. The van der Waals surface area contributed by atoms with E-state index in [1.165, 1.54) is 0 Å². The first-order valence-corrected chi connectivity index (χ1v) is 9.15. The van der Waals surface area contributed by atoms with Crippen molar-refractivity contribution in [1.82, 2.24) is 4.90 Å². The molecule has 0 fully saturated rings. The van der Waals surface area contributed by atoms with Gasteiger partial charge in [-0.3, -0.25) is 4.79 Å². The van der Waals surface area contributed by atoms with E-state index in [1.54, 1.807) is 14.2 Å². The molecule has 6 heteroatoms. The van der Waals surface area contributed by atoms with Gasteiger partial charge < -0.3 is 24.4 Å². The lowest BCUT2D eigenvalue weighted by molar-refractivity contribution is 0.0660. The number of anilines is 1. The minimum absolute atomic E-state index is 0.0123. The molecule has 1 aliphatic heterocycles. The number of hydrogen-bond acceptors (Lipinski definition) is 5. The fourth-order valence-corrected chi connectivity index (χ4v) is 3.29. The third-order valence-corrected chi connectivity index (χ3v) is 4.57. The zero-order chi connectivity index (χ0) is 19.2. The maximum absolute atomic E-state index is 13.1. The molecule has 0 aliphatic carbocycles. The number of carbonyl (C=O) groups is 1. The third-order valence-electron chi connectivity index (χ3n) is 4.57. The number of amides is 1. The number of rotatable bonds is 8. The molecule has 1 amide bonds. The van der Waals surface area contributed by atoms with Gasteiger partial charge in [-0.15, -0.1) is 0 Å². The Morgan fingerprint density at radius 1 is 1.11 bits per heavy atom. The molecule has 1 N–H and O–H groups in total. The van der Waals surface area contributed by atoms with Crippen LogP contribution in [-0.2, 0) is 4.74 Å². The Balaban J connectivity index is 1.96. The van der Waals surface area contributed by atoms with E-state index < -0.39 is 0 Å². The van der Waals surface area contributed by atoms with Crippen LogP contribution in [0.3, 0.4) is 0 Å². The molecule has 1 heterocycles. The van der Waals surface area contributed by atoms with Crippen molar-refractivity contribution >= 4 is 11.6 Å². The molecule has 27 heavy (non-hydrogen) atoms. The fraction of sp³-hybridized carbons (Fsp3) is 0.381. The summed E-state index contributed by atoms with van der Waals surface area (Å²) in [6.07, 6.45) is 0.477. The Hall–Kier alpha value is -2.73. The first kappa shape index (κ1) is 19.0. The summed E-state index contributed by atoms with van der Waals surface area (Å²) >= 11 is 0. The van der Waals surface area contributed by atoms with Crippen molar-refractivity contribution in [3.8, 4) is 11.5 Å². The smallest absolute Gasteiger partial charge is 0.257 e. The van der Waals surface area contributed by atoms with E-state index in [1.807, 2.05) is 54.3 Å². The monoisotopic (exact) mass is 370 g/mol. The molecular weight excluding hydrogens is 344 g/mol. The van der Waals surface area contributed by atoms with Crippen molar-refractivity contribution in [2.45, 2.75) is 19.5 Å². The van der Waals surface area contributed by atoms with Gasteiger partial charge >= 0.3 is 0 Å². The minimum atomic E-state index is -0.283. The highest BCUT2D eigenvalue weighted by molar-refractivity contribution is 6.01. The van der Waals surface area contributed by atoms with Gasteiger partial charge in [-0.1, -0.05) is 18.2 Å². The Morgan fingerprint density at radius 2 is 1.93 bits per heavy atom. The van der Waals surface area contributed by atoms with E-state index in [0.29, 0.717) is 36.8 Å². The molecule has 3 rings (SSSR count). The summed E-state index contributed by atoms with van der Waals surface area (Å²) in [7, 11) is 3.28. The molecule has 1 atom stereocenters. The maximum Gasteiger partial charge on any atom is 0.257 e. The number of carbonyl (C=O) groups excluding carboxylic acids is 1. The van der Waals surface area contributed by atoms with Gasteiger partial charge in [0.15, 0.2) is 11.5 Å². The van der Waals surface area contributed by atoms with Crippen LogP contribution in [0.4, 0.5) is 5.69 Å². The molecule has 144 valence electrons. The van der Waals surface area contributed by atoms with Crippen molar-refractivity contribution in [2.75, 3.05) is 39.3 Å². The predicted octanol–water partition coefficient (Wildman–Crippen LogP) is 3.70. The van der Waals surface area contributed by atoms with E-state index in [-0.39, 0.29) is 12.1 Å². The first-order valence-electron chi connectivity index (χ1n) is 9.15. The summed E-state index contributed by atoms with van der Waals surface area (Å²) in [5.74, 6) is 1.36. The van der Waals surface area contributed by atoms with Crippen LogP contribution in [0.25, 0.3) is 0 Å². The summed E-state index contributed by atoms with van der Waals surface area (Å²) in [5, 5.41) is 3.49. The van der Waals surface area contributed by atoms with E-state index in [0.717, 1.165) is 17.7 Å². The van der Waals surface area contributed by atoms with Gasteiger partial charge in [-0.2, -0.15) is 0 Å². The lowest BCUT2D eigenvalue weighted by Crippen LogP contribution is -2.43. The number of nitrogens with zero attached hydrogens (tertiary/aromatic N) is 1. The standard InChI is InChI=1S/C21H26N2O4/c1-4-27-18-11-10-15(14-19(18)26-3)20-22-17-9-6-5-8-16(17)21(24)23(20)12-7-13-25-2/h5-6,8-11,14,20,22H,4,7,12-13H2,1-3H3. The third kappa shape index (κ3) is 4.01. The molecule has 0 saturated carbocycles. The molecule has 1 aliphatic rings. The predicted molar refractivity (Wildman–Crippen MR) is 104 cm³/mol. The van der Waals surface area contributed by atoms with Gasteiger partial charge in [0.2, 0.25) is 0 Å². The van der Waals surface area contributed by atoms with Crippen LogP contribution in [0.2, 0.25) is 0 Å². The van der Waals surface area contributed by atoms with Crippen LogP contribution in [0.1, 0.15) is 35.4 Å². The molecule has 0 bridgehead atoms. The number of methoxy groups -OCH3 is 2. The second-order valence-electron chi connectivity index (χ2n) is 6.28. The number of fused-ring (bicyclic) bond motifs is 1. The quantitative estimate of drug-likeness (QED) is 0.718. The lowest BCUT2D eigenvalue weighted by atomic mass is 10.0. The zero-order valence-electron chi connectivity index (χ0n) is 16.0. The van der Waals surface area contributed by atoms with Crippen molar-refractivity contribution in [3.05, 3.63) is 53.6 Å². The molecule has 0 aromatic heterocycles. The SMILES string of the molecule is CCOc1ccc(C2Nc3ccccc3C(=O)N2CCCOC)cc1OC. The van der Waals surface area contributed by atoms with Gasteiger partial charge in [0, 0.05) is 25.9 Å². The fourth-order valence-electron chi connectivity index (χ4n) is 3.29.